The van der Waals surface area contributed by atoms with Gasteiger partial charge in [-0.25, -0.2) is 0 Å². The molecule has 69 heavy (non-hydrogen) atoms. The van der Waals surface area contributed by atoms with Crippen LogP contribution in [-0.2, 0) is 28.6 Å². The van der Waals surface area contributed by atoms with E-state index in [9.17, 15) is 14.4 Å². The second kappa shape index (κ2) is 57.3. The van der Waals surface area contributed by atoms with Crippen LogP contribution in [0, 0.1) is 5.92 Å². The van der Waals surface area contributed by atoms with Crippen molar-refractivity contribution in [1.82, 2.24) is 0 Å². The second-order valence-corrected chi connectivity index (χ2v) is 21.9. The van der Waals surface area contributed by atoms with Crippen molar-refractivity contribution in [1.29, 1.82) is 0 Å². The lowest BCUT2D eigenvalue weighted by atomic mass is 9.99. The molecule has 0 spiro atoms. The third-order valence-electron chi connectivity index (χ3n) is 14.9. The Labute approximate surface area is 431 Å². The molecule has 0 heterocycles. The van der Waals surface area contributed by atoms with Crippen LogP contribution in [0.3, 0.4) is 0 Å². The Hall–Kier alpha value is -1.59. The lowest BCUT2D eigenvalue weighted by Gasteiger charge is -2.18. The van der Waals surface area contributed by atoms with Gasteiger partial charge in [-0.15, -0.1) is 0 Å². The minimum absolute atomic E-state index is 0.0613. The van der Waals surface area contributed by atoms with E-state index >= 15 is 0 Å². The fraction of sp³-hybridized carbons (Fsp3) is 0.952. The molecular formula is C63H122O6. The van der Waals surface area contributed by atoms with Crippen molar-refractivity contribution in [3.63, 3.8) is 0 Å². The topological polar surface area (TPSA) is 78.9 Å². The SMILES string of the molecule is CCCCCCCCCCCCCCCCCCCC(=O)O[C@H](COC(=O)CCCCCCCCCCCCCC)COC(=O)CCCCCCCCCCCCCCCCCCCCC(C)CC. The number of carbonyl (C=O) groups is 3. The summed E-state index contributed by atoms with van der Waals surface area (Å²) in [6.07, 6.45) is 63.8. The van der Waals surface area contributed by atoms with Crippen molar-refractivity contribution < 1.29 is 28.6 Å². The highest BCUT2D eigenvalue weighted by molar-refractivity contribution is 5.71. The molecule has 0 aromatic carbocycles. The Morgan fingerprint density at radius 1 is 0.290 bits per heavy atom. The maximum absolute atomic E-state index is 12.9. The molecule has 6 nitrogen and oxygen atoms in total. The summed E-state index contributed by atoms with van der Waals surface area (Å²) in [6, 6.07) is 0. The van der Waals surface area contributed by atoms with Crippen LogP contribution in [0.5, 0.6) is 0 Å². The summed E-state index contributed by atoms with van der Waals surface area (Å²) in [5.41, 5.74) is 0. The Kier molecular flexibility index (Phi) is 56.0. The first kappa shape index (κ1) is 67.4. The van der Waals surface area contributed by atoms with Crippen molar-refractivity contribution >= 4 is 17.9 Å². The standard InChI is InChI=1S/C63H122O6/c1-5-8-10-12-14-16-18-20-21-24-29-32-36-40-44-48-52-56-63(66)69-60(57-67-61(64)54-50-46-42-38-34-19-17-15-13-11-9-6-2)58-68-62(65)55-51-47-43-39-35-31-28-26-23-22-25-27-30-33-37-41-45-49-53-59(4)7-3/h59-60H,5-58H2,1-4H3/t59?,60-/m1/s1. The van der Waals surface area contributed by atoms with Crippen LogP contribution in [-0.4, -0.2) is 37.2 Å². The Bertz CT molecular complexity index is 1040. The lowest BCUT2D eigenvalue weighted by Crippen LogP contribution is -2.30. The highest BCUT2D eigenvalue weighted by Gasteiger charge is 2.19. The van der Waals surface area contributed by atoms with E-state index in [1.165, 1.54) is 257 Å². The number of esters is 3. The van der Waals surface area contributed by atoms with Gasteiger partial charge in [-0.1, -0.05) is 323 Å². The summed E-state index contributed by atoms with van der Waals surface area (Å²) in [7, 11) is 0. The van der Waals surface area contributed by atoms with E-state index in [0.29, 0.717) is 19.3 Å². The van der Waals surface area contributed by atoms with Crippen molar-refractivity contribution in [2.45, 2.75) is 368 Å². The first-order chi connectivity index (χ1) is 33.9. The highest BCUT2D eigenvalue weighted by Crippen LogP contribution is 2.19. The van der Waals surface area contributed by atoms with Gasteiger partial charge in [-0.2, -0.15) is 0 Å². The Morgan fingerprint density at radius 2 is 0.507 bits per heavy atom. The molecule has 0 rings (SSSR count). The average molecular weight is 976 g/mol. The van der Waals surface area contributed by atoms with Crippen molar-refractivity contribution in [3.8, 4) is 0 Å². The van der Waals surface area contributed by atoms with E-state index in [2.05, 4.69) is 27.7 Å². The van der Waals surface area contributed by atoms with E-state index < -0.39 is 6.10 Å². The van der Waals surface area contributed by atoms with Gasteiger partial charge in [0.05, 0.1) is 0 Å². The number of rotatable bonds is 58. The summed E-state index contributed by atoms with van der Waals surface area (Å²) in [5.74, 6) is 0.0802. The Morgan fingerprint density at radius 3 is 0.754 bits per heavy atom. The highest BCUT2D eigenvalue weighted by atomic mass is 16.6. The van der Waals surface area contributed by atoms with E-state index in [1.807, 2.05) is 0 Å². The van der Waals surface area contributed by atoms with Crippen LogP contribution >= 0.6 is 0 Å². The van der Waals surface area contributed by atoms with Crippen LogP contribution in [0.1, 0.15) is 362 Å². The molecule has 0 amide bonds. The molecule has 6 heteroatoms. The fourth-order valence-electron chi connectivity index (χ4n) is 9.78. The van der Waals surface area contributed by atoms with E-state index in [4.69, 9.17) is 14.2 Å². The normalized spacial score (nSPS) is 12.3. The summed E-state index contributed by atoms with van der Waals surface area (Å²) in [5, 5.41) is 0. The smallest absolute Gasteiger partial charge is 0.306 e. The average Bonchev–Trinajstić information content (AvgIpc) is 3.35. The molecular weight excluding hydrogens is 853 g/mol. The molecule has 0 aliphatic carbocycles. The number of unbranched alkanes of at least 4 members (excludes halogenated alkanes) is 44. The zero-order valence-electron chi connectivity index (χ0n) is 47.3. The van der Waals surface area contributed by atoms with Crippen molar-refractivity contribution in [2.75, 3.05) is 13.2 Å². The first-order valence-corrected chi connectivity index (χ1v) is 31.4. The van der Waals surface area contributed by atoms with Gasteiger partial charge in [-0.05, 0) is 25.2 Å². The molecule has 0 N–H and O–H groups in total. The molecule has 410 valence electrons. The summed E-state index contributed by atoms with van der Waals surface area (Å²) in [6.45, 7) is 9.12. The molecule has 0 aliphatic heterocycles. The van der Waals surface area contributed by atoms with Crippen LogP contribution in [0.4, 0.5) is 0 Å². The largest absolute Gasteiger partial charge is 0.462 e. The van der Waals surface area contributed by atoms with Gasteiger partial charge in [0.15, 0.2) is 6.10 Å². The zero-order valence-corrected chi connectivity index (χ0v) is 47.3. The van der Waals surface area contributed by atoms with Crippen LogP contribution in [0.25, 0.3) is 0 Å². The third kappa shape index (κ3) is 55.6. The molecule has 0 saturated heterocycles. The summed E-state index contributed by atoms with van der Waals surface area (Å²) in [4.78, 5) is 38.2. The molecule has 0 aromatic rings. The van der Waals surface area contributed by atoms with Gasteiger partial charge in [0.1, 0.15) is 13.2 Å². The molecule has 0 aromatic heterocycles. The monoisotopic (exact) mass is 975 g/mol. The van der Waals surface area contributed by atoms with Gasteiger partial charge in [0, 0.05) is 19.3 Å². The molecule has 2 atom stereocenters. The van der Waals surface area contributed by atoms with Gasteiger partial charge in [-0.3, -0.25) is 14.4 Å². The number of ether oxygens (including phenoxy) is 3. The van der Waals surface area contributed by atoms with Gasteiger partial charge in [0.25, 0.3) is 0 Å². The maximum Gasteiger partial charge on any atom is 0.306 e. The predicted molar refractivity (Wildman–Crippen MR) is 298 cm³/mol. The minimum Gasteiger partial charge on any atom is -0.462 e. The van der Waals surface area contributed by atoms with Crippen LogP contribution in [0.15, 0.2) is 0 Å². The maximum atomic E-state index is 12.9. The molecule has 0 fully saturated rings. The van der Waals surface area contributed by atoms with Crippen molar-refractivity contribution in [2.24, 2.45) is 5.92 Å². The van der Waals surface area contributed by atoms with E-state index in [0.717, 1.165) is 63.7 Å². The minimum atomic E-state index is -0.762. The Balaban J connectivity index is 4.22. The van der Waals surface area contributed by atoms with E-state index in [1.54, 1.807) is 0 Å². The summed E-state index contributed by atoms with van der Waals surface area (Å²) < 4.78 is 16.9. The van der Waals surface area contributed by atoms with Crippen LogP contribution in [0.2, 0.25) is 0 Å². The fourth-order valence-corrected chi connectivity index (χ4v) is 9.78. The second-order valence-electron chi connectivity index (χ2n) is 21.9. The lowest BCUT2D eigenvalue weighted by molar-refractivity contribution is -0.167. The van der Waals surface area contributed by atoms with E-state index in [-0.39, 0.29) is 31.1 Å². The zero-order chi connectivity index (χ0) is 50.2. The first-order valence-electron chi connectivity index (χ1n) is 31.4. The number of carbonyl (C=O) groups excluding carboxylic acids is 3. The van der Waals surface area contributed by atoms with Crippen LogP contribution < -0.4 is 0 Å². The molecule has 0 radical (unpaired) electrons. The number of hydrogen-bond acceptors (Lipinski definition) is 6. The molecule has 0 saturated carbocycles. The van der Waals surface area contributed by atoms with Gasteiger partial charge in [0.2, 0.25) is 0 Å². The predicted octanol–water partition coefficient (Wildman–Crippen LogP) is 21.0. The molecule has 1 unspecified atom stereocenters. The van der Waals surface area contributed by atoms with Crippen molar-refractivity contribution in [3.05, 3.63) is 0 Å². The summed E-state index contributed by atoms with van der Waals surface area (Å²) >= 11 is 0. The third-order valence-corrected chi connectivity index (χ3v) is 14.9. The van der Waals surface area contributed by atoms with Gasteiger partial charge < -0.3 is 14.2 Å². The molecule has 0 bridgehead atoms. The quantitative estimate of drug-likeness (QED) is 0.0343. The van der Waals surface area contributed by atoms with Gasteiger partial charge >= 0.3 is 17.9 Å². The molecule has 0 aliphatic rings. The number of hydrogen-bond donors (Lipinski definition) is 0.